The van der Waals surface area contributed by atoms with Gasteiger partial charge in [-0.1, -0.05) is 67.4 Å². The van der Waals surface area contributed by atoms with Crippen molar-refractivity contribution in [2.75, 3.05) is 24.5 Å². The van der Waals surface area contributed by atoms with Gasteiger partial charge in [0.05, 0.1) is 22.7 Å². The van der Waals surface area contributed by atoms with E-state index in [-0.39, 0.29) is 28.1 Å². The summed E-state index contributed by atoms with van der Waals surface area (Å²) in [5.74, 6) is -0.472. The zero-order valence-electron chi connectivity index (χ0n) is 23.3. The molecule has 3 aromatic carbocycles. The molecule has 8 nitrogen and oxygen atoms in total. The van der Waals surface area contributed by atoms with Crippen LogP contribution < -0.4 is 14.4 Å². The third-order valence-corrected chi connectivity index (χ3v) is 8.72. The Balaban J connectivity index is 2.03. The number of anilines is 1. The van der Waals surface area contributed by atoms with Gasteiger partial charge in [0.15, 0.2) is 0 Å². The minimum Gasteiger partial charge on any atom is -0.495 e. The first-order valence-electron chi connectivity index (χ1n) is 13.1. The highest BCUT2D eigenvalue weighted by Gasteiger charge is 2.33. The fourth-order valence-corrected chi connectivity index (χ4v) is 5.83. The van der Waals surface area contributed by atoms with Crippen LogP contribution in [-0.4, -0.2) is 51.4 Å². The second kappa shape index (κ2) is 14.2. The predicted octanol–water partition coefficient (Wildman–Crippen LogP) is 5.19. The summed E-state index contributed by atoms with van der Waals surface area (Å²) in [6.07, 6.45) is 1.72. The van der Waals surface area contributed by atoms with Gasteiger partial charge >= 0.3 is 0 Å². The molecule has 0 radical (unpaired) electrons. The fraction of sp³-hybridized carbons (Fsp3) is 0.333. The highest BCUT2D eigenvalue weighted by molar-refractivity contribution is 7.92. The monoisotopic (exact) mass is 585 g/mol. The number of amides is 2. The Labute approximate surface area is 241 Å². The van der Waals surface area contributed by atoms with Crippen LogP contribution in [0.3, 0.4) is 0 Å². The van der Waals surface area contributed by atoms with Crippen LogP contribution in [0.15, 0.2) is 77.7 Å². The molecule has 0 fully saturated rings. The second-order valence-electron chi connectivity index (χ2n) is 9.41. The van der Waals surface area contributed by atoms with E-state index in [1.54, 1.807) is 31.2 Å². The average Bonchev–Trinajstić information content (AvgIpc) is 2.95. The van der Waals surface area contributed by atoms with E-state index in [4.69, 9.17) is 16.3 Å². The molecule has 0 aliphatic heterocycles. The summed E-state index contributed by atoms with van der Waals surface area (Å²) in [5, 5.41) is 3.08. The number of sulfonamides is 1. The number of ether oxygens (including phenoxy) is 1. The molecule has 0 aliphatic rings. The van der Waals surface area contributed by atoms with Crippen LogP contribution in [0, 0.1) is 6.92 Å². The highest BCUT2D eigenvalue weighted by atomic mass is 35.5. The van der Waals surface area contributed by atoms with E-state index in [0.717, 1.165) is 28.3 Å². The van der Waals surface area contributed by atoms with Gasteiger partial charge in [-0.3, -0.25) is 13.9 Å². The zero-order chi connectivity index (χ0) is 29.3. The van der Waals surface area contributed by atoms with Crippen molar-refractivity contribution in [3.8, 4) is 5.75 Å². The summed E-state index contributed by atoms with van der Waals surface area (Å²) in [4.78, 5) is 28.5. The molecule has 1 N–H and O–H groups in total. The number of hydrogen-bond acceptors (Lipinski definition) is 5. The molecule has 0 unspecified atom stereocenters. The number of aryl methyl sites for hydroxylation is 1. The molecule has 1 atom stereocenters. The average molecular weight is 586 g/mol. The number of rotatable bonds is 13. The van der Waals surface area contributed by atoms with Crippen molar-refractivity contribution in [2.45, 2.75) is 51.1 Å². The van der Waals surface area contributed by atoms with Gasteiger partial charge in [0.1, 0.15) is 18.3 Å². The molecule has 0 aromatic heterocycles. The minimum atomic E-state index is -4.18. The van der Waals surface area contributed by atoms with Crippen molar-refractivity contribution in [3.05, 3.63) is 88.9 Å². The summed E-state index contributed by atoms with van der Waals surface area (Å²) in [7, 11) is -2.72. The molecule has 3 aromatic rings. The van der Waals surface area contributed by atoms with Crippen molar-refractivity contribution in [3.63, 3.8) is 0 Å². The maximum Gasteiger partial charge on any atom is 0.264 e. The van der Waals surface area contributed by atoms with Gasteiger partial charge in [-0.25, -0.2) is 8.42 Å². The molecular formula is C30H36ClN3O5S. The molecule has 2 amide bonds. The Hall–Kier alpha value is -3.56. The van der Waals surface area contributed by atoms with E-state index < -0.39 is 28.5 Å². The molecule has 0 bridgehead atoms. The second-order valence-corrected chi connectivity index (χ2v) is 11.7. The molecule has 0 saturated heterocycles. The van der Waals surface area contributed by atoms with E-state index >= 15 is 0 Å². The van der Waals surface area contributed by atoms with Crippen LogP contribution in [0.25, 0.3) is 0 Å². The molecule has 0 saturated carbocycles. The van der Waals surface area contributed by atoms with E-state index in [0.29, 0.717) is 12.3 Å². The summed E-state index contributed by atoms with van der Waals surface area (Å²) in [6, 6.07) is 19.1. The van der Waals surface area contributed by atoms with Crippen molar-refractivity contribution < 1.29 is 22.7 Å². The van der Waals surface area contributed by atoms with Gasteiger partial charge in [-0.15, -0.1) is 0 Å². The number of carbonyl (C=O) groups excluding carboxylic acids is 2. The zero-order valence-corrected chi connectivity index (χ0v) is 24.8. The quantitative estimate of drug-likeness (QED) is 0.279. The van der Waals surface area contributed by atoms with Crippen molar-refractivity contribution in [1.29, 1.82) is 0 Å². The van der Waals surface area contributed by atoms with Crippen LogP contribution in [0.5, 0.6) is 5.75 Å². The molecule has 10 heteroatoms. The summed E-state index contributed by atoms with van der Waals surface area (Å²) >= 11 is 6.35. The number of nitrogens with one attached hydrogen (secondary N) is 1. The molecule has 0 spiro atoms. The van der Waals surface area contributed by atoms with Gasteiger partial charge in [-0.2, -0.15) is 0 Å². The summed E-state index contributed by atoms with van der Waals surface area (Å²) < 4.78 is 33.9. The van der Waals surface area contributed by atoms with Gasteiger partial charge in [0.25, 0.3) is 10.0 Å². The molecule has 0 heterocycles. The van der Waals surface area contributed by atoms with Crippen LogP contribution >= 0.6 is 11.6 Å². The van der Waals surface area contributed by atoms with Crippen molar-refractivity contribution in [1.82, 2.24) is 10.2 Å². The number of carbonyl (C=O) groups is 2. The summed E-state index contributed by atoms with van der Waals surface area (Å²) in [6.45, 7) is 5.68. The van der Waals surface area contributed by atoms with Gasteiger partial charge in [-0.05, 0) is 61.7 Å². The summed E-state index contributed by atoms with van der Waals surface area (Å²) in [5.41, 5.74) is 2.00. The van der Waals surface area contributed by atoms with Crippen molar-refractivity contribution >= 4 is 39.1 Å². The van der Waals surface area contributed by atoms with E-state index in [2.05, 4.69) is 5.32 Å². The van der Waals surface area contributed by atoms with Gasteiger partial charge in [0, 0.05) is 13.1 Å². The maximum absolute atomic E-state index is 14.0. The Morgan fingerprint density at radius 1 is 1.02 bits per heavy atom. The van der Waals surface area contributed by atoms with Crippen LogP contribution in [-0.2, 0) is 26.2 Å². The number of nitrogens with zero attached hydrogens (tertiary/aromatic N) is 2. The third kappa shape index (κ3) is 7.55. The molecule has 3 rings (SSSR count). The predicted molar refractivity (Wildman–Crippen MR) is 158 cm³/mol. The van der Waals surface area contributed by atoms with Gasteiger partial charge in [0.2, 0.25) is 11.8 Å². The van der Waals surface area contributed by atoms with E-state index in [1.807, 2.05) is 38.1 Å². The third-order valence-electron chi connectivity index (χ3n) is 6.63. The van der Waals surface area contributed by atoms with Crippen LogP contribution in [0.1, 0.15) is 37.8 Å². The maximum atomic E-state index is 14.0. The lowest BCUT2D eigenvalue weighted by Gasteiger charge is -2.32. The number of halogens is 1. The molecular weight excluding hydrogens is 550 g/mol. The van der Waals surface area contributed by atoms with Crippen molar-refractivity contribution in [2.24, 2.45) is 0 Å². The smallest absolute Gasteiger partial charge is 0.264 e. The normalized spacial score (nSPS) is 11.9. The molecule has 40 heavy (non-hydrogen) atoms. The van der Waals surface area contributed by atoms with E-state index in [1.165, 1.54) is 36.3 Å². The molecule has 214 valence electrons. The standard InChI is InChI=1S/C30H36ClN3O5S/c1-5-6-18-32-30(36)23(3)33(20-24-13-11-10-12-22(24)2)29(35)21-34(25-16-17-28(39-4)27(31)19-25)40(37,38)26-14-8-7-9-15-26/h7-17,19,23H,5-6,18,20-21H2,1-4H3,(H,32,36)/t23-/m0/s1. The lowest BCUT2D eigenvalue weighted by atomic mass is 10.1. The highest BCUT2D eigenvalue weighted by Crippen LogP contribution is 2.32. The Bertz CT molecular complexity index is 1420. The number of hydrogen-bond donors (Lipinski definition) is 1. The lowest BCUT2D eigenvalue weighted by molar-refractivity contribution is -0.139. The Morgan fingerprint density at radius 2 is 1.70 bits per heavy atom. The molecule has 0 aliphatic carbocycles. The Kier molecular flexibility index (Phi) is 11.0. The number of benzene rings is 3. The first-order valence-corrected chi connectivity index (χ1v) is 14.9. The first-order chi connectivity index (χ1) is 19.1. The SMILES string of the molecule is CCCCNC(=O)[C@H](C)N(Cc1ccccc1C)C(=O)CN(c1ccc(OC)c(Cl)c1)S(=O)(=O)c1ccccc1. The topological polar surface area (TPSA) is 96.0 Å². The number of unbranched alkanes of at least 4 members (excludes halogenated alkanes) is 1. The number of methoxy groups -OCH3 is 1. The first kappa shape index (κ1) is 31.0. The van der Waals surface area contributed by atoms with E-state index in [9.17, 15) is 18.0 Å². The van der Waals surface area contributed by atoms with Crippen LogP contribution in [0.2, 0.25) is 5.02 Å². The lowest BCUT2D eigenvalue weighted by Crippen LogP contribution is -2.51. The van der Waals surface area contributed by atoms with Crippen LogP contribution in [0.4, 0.5) is 5.69 Å². The Morgan fingerprint density at radius 3 is 2.33 bits per heavy atom. The minimum absolute atomic E-state index is 0.0190. The fourth-order valence-electron chi connectivity index (χ4n) is 4.15. The van der Waals surface area contributed by atoms with Gasteiger partial charge < -0.3 is 15.0 Å². The largest absolute Gasteiger partial charge is 0.495 e.